The van der Waals surface area contributed by atoms with Crippen molar-refractivity contribution in [3.8, 4) is 5.75 Å². The Hall–Kier alpha value is -2.32. The highest BCUT2D eigenvalue weighted by Gasteiger charge is 2.00. The molecule has 3 aromatic rings. The Bertz CT molecular complexity index is 729. The lowest BCUT2D eigenvalue weighted by molar-refractivity contribution is 0.414. The fourth-order valence-corrected chi connectivity index (χ4v) is 2.69. The molecule has 0 fully saturated rings. The molecule has 0 aliphatic carbocycles. The summed E-state index contributed by atoms with van der Waals surface area (Å²) in [5, 5.41) is 6.18. The van der Waals surface area contributed by atoms with Gasteiger partial charge in [0.05, 0.1) is 7.11 Å². The largest absolute Gasteiger partial charge is 0.497 e. The molecule has 0 aliphatic rings. The van der Waals surface area contributed by atoms with E-state index >= 15 is 0 Å². The molecule has 0 atom stereocenters. The van der Waals surface area contributed by atoms with Gasteiger partial charge >= 0.3 is 0 Å². The zero-order valence-electron chi connectivity index (χ0n) is 12.9. The first-order chi connectivity index (χ1) is 10.9. The lowest BCUT2D eigenvalue weighted by atomic mass is 10.0. The van der Waals surface area contributed by atoms with Crippen molar-refractivity contribution in [2.24, 2.45) is 0 Å². The maximum atomic E-state index is 5.18. The van der Waals surface area contributed by atoms with Crippen LogP contribution < -0.4 is 10.1 Å². The molecular formula is C20H21NO. The second kappa shape index (κ2) is 7.10. The number of fused-ring (bicyclic) bond motifs is 1. The van der Waals surface area contributed by atoms with E-state index in [4.69, 9.17) is 4.74 Å². The van der Waals surface area contributed by atoms with Crippen molar-refractivity contribution in [2.45, 2.75) is 13.0 Å². The first-order valence-corrected chi connectivity index (χ1v) is 7.67. The van der Waals surface area contributed by atoms with Crippen molar-refractivity contribution in [1.82, 2.24) is 5.32 Å². The number of nitrogens with one attached hydrogen (secondary N) is 1. The zero-order valence-corrected chi connectivity index (χ0v) is 12.9. The van der Waals surface area contributed by atoms with Gasteiger partial charge in [-0.1, -0.05) is 54.6 Å². The highest BCUT2D eigenvalue weighted by atomic mass is 16.5. The fraction of sp³-hybridized carbons (Fsp3) is 0.200. The van der Waals surface area contributed by atoms with Crippen molar-refractivity contribution in [2.75, 3.05) is 13.7 Å². The van der Waals surface area contributed by atoms with E-state index in [9.17, 15) is 0 Å². The third-order valence-electron chi connectivity index (χ3n) is 3.94. The maximum Gasteiger partial charge on any atom is 0.118 e. The molecule has 2 nitrogen and oxygen atoms in total. The number of hydrogen-bond acceptors (Lipinski definition) is 2. The van der Waals surface area contributed by atoms with Crippen molar-refractivity contribution in [3.63, 3.8) is 0 Å². The Morgan fingerprint density at radius 1 is 0.864 bits per heavy atom. The van der Waals surface area contributed by atoms with E-state index in [1.165, 1.54) is 21.9 Å². The van der Waals surface area contributed by atoms with E-state index in [1.54, 1.807) is 7.11 Å². The number of methoxy groups -OCH3 is 1. The molecule has 0 aliphatic heterocycles. The molecule has 0 heterocycles. The summed E-state index contributed by atoms with van der Waals surface area (Å²) in [6, 6.07) is 23.3. The number of hydrogen-bond donors (Lipinski definition) is 1. The summed E-state index contributed by atoms with van der Waals surface area (Å²) >= 11 is 0. The molecule has 0 aromatic heterocycles. The van der Waals surface area contributed by atoms with E-state index in [2.05, 4.69) is 59.9 Å². The second-order valence-electron chi connectivity index (χ2n) is 5.41. The topological polar surface area (TPSA) is 21.3 Å². The summed E-state index contributed by atoms with van der Waals surface area (Å²) in [4.78, 5) is 0. The Balaban J connectivity index is 1.56. The van der Waals surface area contributed by atoms with Gasteiger partial charge in [-0.3, -0.25) is 0 Å². The van der Waals surface area contributed by atoms with Crippen molar-refractivity contribution in [3.05, 3.63) is 77.9 Å². The quantitative estimate of drug-likeness (QED) is 0.688. The first-order valence-electron chi connectivity index (χ1n) is 7.67. The van der Waals surface area contributed by atoms with Crippen LogP contribution in [0.25, 0.3) is 10.8 Å². The Labute approximate surface area is 131 Å². The van der Waals surface area contributed by atoms with Crippen molar-refractivity contribution >= 4 is 10.8 Å². The third-order valence-corrected chi connectivity index (χ3v) is 3.94. The van der Waals surface area contributed by atoms with Crippen LogP contribution in [-0.2, 0) is 13.0 Å². The van der Waals surface area contributed by atoms with Gasteiger partial charge < -0.3 is 10.1 Å². The molecule has 2 heteroatoms. The van der Waals surface area contributed by atoms with Gasteiger partial charge in [0.25, 0.3) is 0 Å². The van der Waals surface area contributed by atoms with E-state index in [0.29, 0.717) is 0 Å². The summed E-state index contributed by atoms with van der Waals surface area (Å²) in [7, 11) is 1.70. The molecule has 0 radical (unpaired) electrons. The molecule has 0 amide bonds. The van der Waals surface area contributed by atoms with Gasteiger partial charge in [0, 0.05) is 6.54 Å². The SMILES string of the molecule is COc1ccc(CCNCc2cccc3ccccc23)cc1. The highest BCUT2D eigenvalue weighted by molar-refractivity contribution is 5.85. The molecule has 0 spiro atoms. The minimum atomic E-state index is 0.900. The van der Waals surface area contributed by atoms with Gasteiger partial charge in [0.2, 0.25) is 0 Å². The monoisotopic (exact) mass is 291 g/mol. The van der Waals surface area contributed by atoms with E-state index in [0.717, 1.165) is 25.3 Å². The average molecular weight is 291 g/mol. The van der Waals surface area contributed by atoms with Gasteiger partial charge in [-0.15, -0.1) is 0 Å². The van der Waals surface area contributed by atoms with Gasteiger partial charge in [-0.25, -0.2) is 0 Å². The second-order valence-corrected chi connectivity index (χ2v) is 5.41. The van der Waals surface area contributed by atoms with Gasteiger partial charge in [0.1, 0.15) is 5.75 Å². The number of ether oxygens (including phenoxy) is 1. The molecule has 0 bridgehead atoms. The molecule has 0 unspecified atom stereocenters. The summed E-state index contributed by atoms with van der Waals surface area (Å²) in [5.74, 6) is 0.910. The average Bonchev–Trinajstić information content (AvgIpc) is 2.59. The van der Waals surface area contributed by atoms with Gasteiger partial charge in [-0.2, -0.15) is 0 Å². The van der Waals surface area contributed by atoms with E-state index < -0.39 is 0 Å². The van der Waals surface area contributed by atoms with Crippen molar-refractivity contribution < 1.29 is 4.74 Å². The molecular weight excluding hydrogens is 270 g/mol. The smallest absolute Gasteiger partial charge is 0.118 e. The Morgan fingerprint density at radius 3 is 2.45 bits per heavy atom. The van der Waals surface area contributed by atoms with Crippen LogP contribution in [0, 0.1) is 0 Å². The van der Waals surface area contributed by atoms with Crippen LogP contribution in [0.3, 0.4) is 0 Å². The molecule has 0 saturated carbocycles. The van der Waals surface area contributed by atoms with Crippen LogP contribution >= 0.6 is 0 Å². The van der Waals surface area contributed by atoms with Crippen LogP contribution in [0.15, 0.2) is 66.7 Å². The molecule has 1 N–H and O–H groups in total. The van der Waals surface area contributed by atoms with Crippen LogP contribution in [0.5, 0.6) is 5.75 Å². The molecule has 22 heavy (non-hydrogen) atoms. The summed E-state index contributed by atoms with van der Waals surface area (Å²) in [5.41, 5.74) is 2.68. The summed E-state index contributed by atoms with van der Waals surface area (Å²) < 4.78 is 5.18. The van der Waals surface area contributed by atoms with Crippen LogP contribution in [-0.4, -0.2) is 13.7 Å². The number of rotatable bonds is 6. The molecule has 3 rings (SSSR count). The summed E-state index contributed by atoms with van der Waals surface area (Å²) in [6.07, 6.45) is 1.02. The van der Waals surface area contributed by atoms with Gasteiger partial charge in [0.15, 0.2) is 0 Å². The van der Waals surface area contributed by atoms with Crippen LogP contribution in [0.4, 0.5) is 0 Å². The Morgan fingerprint density at radius 2 is 1.64 bits per heavy atom. The van der Waals surface area contributed by atoms with E-state index in [1.807, 2.05) is 12.1 Å². The number of benzene rings is 3. The van der Waals surface area contributed by atoms with Crippen molar-refractivity contribution in [1.29, 1.82) is 0 Å². The normalized spacial score (nSPS) is 10.8. The van der Waals surface area contributed by atoms with Gasteiger partial charge in [-0.05, 0) is 47.0 Å². The predicted molar refractivity (Wildman–Crippen MR) is 92.4 cm³/mol. The minimum absolute atomic E-state index is 0.900. The fourth-order valence-electron chi connectivity index (χ4n) is 2.69. The Kier molecular flexibility index (Phi) is 4.71. The first kappa shape index (κ1) is 14.6. The third kappa shape index (κ3) is 3.46. The zero-order chi connectivity index (χ0) is 15.2. The molecule has 112 valence electrons. The lowest BCUT2D eigenvalue weighted by Crippen LogP contribution is -2.16. The molecule has 0 saturated heterocycles. The molecule has 3 aromatic carbocycles. The highest BCUT2D eigenvalue weighted by Crippen LogP contribution is 2.18. The standard InChI is InChI=1S/C20H21NO/c1-22-19-11-9-16(10-12-19)13-14-21-15-18-7-4-6-17-5-2-3-8-20(17)18/h2-12,21H,13-15H2,1H3. The predicted octanol–water partition coefficient (Wildman–Crippen LogP) is 4.18. The van der Waals surface area contributed by atoms with Crippen LogP contribution in [0.1, 0.15) is 11.1 Å². The van der Waals surface area contributed by atoms with E-state index in [-0.39, 0.29) is 0 Å². The lowest BCUT2D eigenvalue weighted by Gasteiger charge is -2.09. The minimum Gasteiger partial charge on any atom is -0.497 e. The maximum absolute atomic E-state index is 5.18. The summed E-state index contributed by atoms with van der Waals surface area (Å²) in [6.45, 7) is 1.87. The van der Waals surface area contributed by atoms with Crippen LogP contribution in [0.2, 0.25) is 0 Å².